The zero-order chi connectivity index (χ0) is 12.5. The first-order valence-electron chi connectivity index (χ1n) is 6.69. The minimum atomic E-state index is 0.306. The third-order valence-corrected chi connectivity index (χ3v) is 4.43. The molecule has 0 aromatic rings. The number of halogens is 1. The van der Waals surface area contributed by atoms with E-state index in [0.717, 1.165) is 17.9 Å². The lowest BCUT2D eigenvalue weighted by atomic mass is 9.73. The molecule has 0 saturated carbocycles. The highest BCUT2D eigenvalue weighted by Gasteiger charge is 2.34. The van der Waals surface area contributed by atoms with Gasteiger partial charge in [0.05, 0.1) is 6.04 Å². The van der Waals surface area contributed by atoms with Crippen molar-refractivity contribution in [3.63, 3.8) is 0 Å². The SMILES string of the molecule is CC1CC=CC=C1C1N=CCC2C=C(Cl)C=CC21. The fraction of sp³-hybridized carbons (Fsp3) is 0.438. The van der Waals surface area contributed by atoms with Crippen molar-refractivity contribution in [2.24, 2.45) is 22.7 Å². The summed E-state index contributed by atoms with van der Waals surface area (Å²) in [6, 6.07) is 0.306. The van der Waals surface area contributed by atoms with Crippen molar-refractivity contribution in [3.8, 4) is 0 Å². The highest BCUT2D eigenvalue weighted by Crippen LogP contribution is 2.39. The van der Waals surface area contributed by atoms with Crippen LogP contribution >= 0.6 is 11.6 Å². The molecule has 1 nitrogen and oxygen atoms in total. The van der Waals surface area contributed by atoms with Crippen LogP contribution in [-0.4, -0.2) is 12.3 Å². The number of allylic oxidation sites excluding steroid dienone is 6. The second-order valence-corrected chi connectivity index (χ2v) is 5.83. The molecule has 0 radical (unpaired) electrons. The Hall–Kier alpha value is -1.08. The van der Waals surface area contributed by atoms with Crippen LogP contribution in [0.5, 0.6) is 0 Å². The van der Waals surface area contributed by atoms with Gasteiger partial charge in [-0.1, -0.05) is 48.9 Å². The molecule has 4 unspecified atom stereocenters. The van der Waals surface area contributed by atoms with Gasteiger partial charge in [-0.15, -0.1) is 0 Å². The molecule has 0 N–H and O–H groups in total. The predicted octanol–water partition coefficient (Wildman–Crippen LogP) is 4.28. The van der Waals surface area contributed by atoms with Gasteiger partial charge in [-0.2, -0.15) is 0 Å². The summed E-state index contributed by atoms with van der Waals surface area (Å²) in [4.78, 5) is 4.76. The maximum absolute atomic E-state index is 6.10. The second kappa shape index (κ2) is 4.89. The lowest BCUT2D eigenvalue weighted by molar-refractivity contribution is 0.394. The number of aliphatic imine (C=N–C) groups is 1. The molecule has 0 aromatic heterocycles. The minimum Gasteiger partial charge on any atom is -0.289 e. The molecule has 0 spiro atoms. The summed E-state index contributed by atoms with van der Waals surface area (Å²) < 4.78 is 0. The van der Waals surface area contributed by atoms with Crippen molar-refractivity contribution in [1.29, 1.82) is 0 Å². The molecule has 1 heterocycles. The lowest BCUT2D eigenvalue weighted by Gasteiger charge is -2.36. The van der Waals surface area contributed by atoms with E-state index in [1.54, 1.807) is 0 Å². The zero-order valence-electron chi connectivity index (χ0n) is 10.6. The summed E-state index contributed by atoms with van der Waals surface area (Å²) >= 11 is 6.10. The first-order chi connectivity index (χ1) is 8.75. The van der Waals surface area contributed by atoms with Gasteiger partial charge in [-0.05, 0) is 36.3 Å². The summed E-state index contributed by atoms with van der Waals surface area (Å²) in [5.41, 5.74) is 1.47. The van der Waals surface area contributed by atoms with Gasteiger partial charge in [0, 0.05) is 17.2 Å². The zero-order valence-corrected chi connectivity index (χ0v) is 11.3. The summed E-state index contributed by atoms with van der Waals surface area (Å²) in [7, 11) is 0. The third kappa shape index (κ3) is 2.12. The van der Waals surface area contributed by atoms with Crippen LogP contribution in [-0.2, 0) is 0 Å². The van der Waals surface area contributed by atoms with Crippen LogP contribution < -0.4 is 0 Å². The Morgan fingerprint density at radius 3 is 3.06 bits per heavy atom. The Kier molecular flexibility index (Phi) is 3.25. The summed E-state index contributed by atoms with van der Waals surface area (Å²) in [5, 5.41) is 0.871. The Bertz CT molecular complexity index is 481. The third-order valence-electron chi connectivity index (χ3n) is 4.18. The van der Waals surface area contributed by atoms with Gasteiger partial charge in [0.2, 0.25) is 0 Å². The molecule has 0 fully saturated rings. The normalized spacial score (nSPS) is 38.1. The first kappa shape index (κ1) is 12.0. The van der Waals surface area contributed by atoms with E-state index in [2.05, 4.69) is 43.5 Å². The number of fused-ring (bicyclic) bond motifs is 1. The number of hydrogen-bond donors (Lipinski definition) is 0. The van der Waals surface area contributed by atoms with Gasteiger partial charge in [-0.25, -0.2) is 0 Å². The van der Waals surface area contributed by atoms with E-state index >= 15 is 0 Å². The van der Waals surface area contributed by atoms with Crippen LogP contribution in [0.2, 0.25) is 0 Å². The van der Waals surface area contributed by atoms with E-state index in [4.69, 9.17) is 16.6 Å². The standard InChI is InChI=1S/C16H18ClN/c1-11-4-2-3-5-14(11)16-15-7-6-13(17)10-12(15)8-9-18-16/h2-3,5-7,9-12,15-16H,4,8H2,1H3. The van der Waals surface area contributed by atoms with Crippen molar-refractivity contribution in [2.75, 3.05) is 0 Å². The van der Waals surface area contributed by atoms with Crippen LogP contribution in [0.25, 0.3) is 0 Å². The van der Waals surface area contributed by atoms with Crippen LogP contribution in [0.4, 0.5) is 0 Å². The van der Waals surface area contributed by atoms with Crippen LogP contribution in [0.15, 0.2) is 52.1 Å². The molecule has 0 bridgehead atoms. The van der Waals surface area contributed by atoms with E-state index in [1.165, 1.54) is 5.57 Å². The molecule has 3 rings (SSSR count). The van der Waals surface area contributed by atoms with E-state index in [1.807, 2.05) is 6.08 Å². The first-order valence-corrected chi connectivity index (χ1v) is 7.07. The maximum Gasteiger partial charge on any atom is 0.0779 e. The number of rotatable bonds is 1. The Labute approximate surface area is 114 Å². The molecule has 0 saturated heterocycles. The quantitative estimate of drug-likeness (QED) is 0.667. The summed E-state index contributed by atoms with van der Waals surface area (Å²) in [5.74, 6) is 1.60. The molecule has 2 heteroatoms. The predicted molar refractivity (Wildman–Crippen MR) is 78.0 cm³/mol. The van der Waals surface area contributed by atoms with Gasteiger partial charge in [0.1, 0.15) is 0 Å². The van der Waals surface area contributed by atoms with E-state index in [0.29, 0.717) is 23.8 Å². The van der Waals surface area contributed by atoms with Crippen molar-refractivity contribution < 1.29 is 0 Å². The molecule has 94 valence electrons. The van der Waals surface area contributed by atoms with Gasteiger partial charge in [-0.3, -0.25) is 4.99 Å². The smallest absolute Gasteiger partial charge is 0.0779 e. The molecule has 4 atom stereocenters. The van der Waals surface area contributed by atoms with Crippen LogP contribution in [0, 0.1) is 17.8 Å². The van der Waals surface area contributed by atoms with Gasteiger partial charge < -0.3 is 0 Å². The molecule has 0 amide bonds. The second-order valence-electron chi connectivity index (χ2n) is 5.40. The molecule has 18 heavy (non-hydrogen) atoms. The number of hydrogen-bond acceptors (Lipinski definition) is 1. The summed E-state index contributed by atoms with van der Waals surface area (Å²) in [6.45, 7) is 2.30. The lowest BCUT2D eigenvalue weighted by Crippen LogP contribution is -2.33. The van der Waals surface area contributed by atoms with Gasteiger partial charge >= 0.3 is 0 Å². The fourth-order valence-corrected chi connectivity index (χ4v) is 3.37. The van der Waals surface area contributed by atoms with E-state index in [9.17, 15) is 0 Å². The van der Waals surface area contributed by atoms with E-state index in [-0.39, 0.29) is 0 Å². The summed E-state index contributed by atoms with van der Waals surface area (Å²) in [6.07, 6.45) is 17.4. The average molecular weight is 260 g/mol. The fourth-order valence-electron chi connectivity index (χ4n) is 3.14. The van der Waals surface area contributed by atoms with Gasteiger partial charge in [0.15, 0.2) is 0 Å². The minimum absolute atomic E-state index is 0.306. The number of nitrogens with zero attached hydrogens (tertiary/aromatic N) is 1. The molecule has 1 aliphatic heterocycles. The van der Waals surface area contributed by atoms with Crippen molar-refractivity contribution in [1.82, 2.24) is 0 Å². The maximum atomic E-state index is 6.10. The highest BCUT2D eigenvalue weighted by atomic mass is 35.5. The van der Waals surface area contributed by atoms with Crippen molar-refractivity contribution in [2.45, 2.75) is 25.8 Å². The Balaban J connectivity index is 1.91. The Morgan fingerprint density at radius 1 is 1.33 bits per heavy atom. The topological polar surface area (TPSA) is 12.4 Å². The molecule has 2 aliphatic carbocycles. The van der Waals surface area contributed by atoms with E-state index < -0.39 is 0 Å². The Morgan fingerprint density at radius 2 is 2.22 bits per heavy atom. The van der Waals surface area contributed by atoms with Crippen LogP contribution in [0.1, 0.15) is 19.8 Å². The van der Waals surface area contributed by atoms with Gasteiger partial charge in [0.25, 0.3) is 0 Å². The largest absolute Gasteiger partial charge is 0.289 e. The molecular formula is C16H18ClN. The van der Waals surface area contributed by atoms with Crippen molar-refractivity contribution >= 4 is 17.8 Å². The van der Waals surface area contributed by atoms with Crippen LogP contribution in [0.3, 0.4) is 0 Å². The average Bonchev–Trinajstić information content (AvgIpc) is 2.38. The monoisotopic (exact) mass is 259 g/mol. The molecule has 0 aromatic carbocycles. The molecular weight excluding hydrogens is 242 g/mol. The highest BCUT2D eigenvalue weighted by molar-refractivity contribution is 6.31. The molecule has 3 aliphatic rings. The van der Waals surface area contributed by atoms with Crippen molar-refractivity contribution in [3.05, 3.63) is 47.1 Å².